The van der Waals surface area contributed by atoms with Crippen LogP contribution in [0.15, 0.2) is 27.2 Å². The Bertz CT molecular complexity index is 582. The largest absolute Gasteiger partial charge is 0.459 e. The van der Waals surface area contributed by atoms with Crippen molar-refractivity contribution in [2.75, 3.05) is 13.1 Å². The summed E-state index contributed by atoms with van der Waals surface area (Å²) < 4.78 is 12.3. The highest BCUT2D eigenvalue weighted by atomic mass is 32.1. The van der Waals surface area contributed by atoms with E-state index in [1.54, 1.807) is 23.1 Å². The summed E-state index contributed by atoms with van der Waals surface area (Å²) in [6, 6.07) is 3.56. The molecule has 19 heavy (non-hydrogen) atoms. The number of nitrogens with zero attached hydrogens (tertiary/aromatic N) is 3. The molecule has 0 bridgehead atoms. The van der Waals surface area contributed by atoms with Crippen LogP contribution in [0.25, 0.3) is 11.7 Å². The maximum atomic E-state index is 9.48. The van der Waals surface area contributed by atoms with E-state index >= 15 is 0 Å². The predicted octanol–water partition coefficient (Wildman–Crippen LogP) is 1.88. The van der Waals surface area contributed by atoms with Gasteiger partial charge >= 0.3 is 0 Å². The minimum absolute atomic E-state index is 0.180. The van der Waals surface area contributed by atoms with Crippen LogP contribution in [0.3, 0.4) is 0 Å². The molecule has 102 valence electrons. The van der Waals surface area contributed by atoms with Crippen LogP contribution in [0, 0.1) is 4.84 Å². The highest BCUT2D eigenvalue weighted by molar-refractivity contribution is 7.71. The van der Waals surface area contributed by atoms with Gasteiger partial charge in [0.05, 0.1) is 19.0 Å². The van der Waals surface area contributed by atoms with Gasteiger partial charge in [0.15, 0.2) is 5.76 Å². The van der Waals surface area contributed by atoms with Gasteiger partial charge in [0, 0.05) is 13.1 Å². The molecule has 1 saturated heterocycles. The van der Waals surface area contributed by atoms with E-state index < -0.39 is 0 Å². The highest BCUT2D eigenvalue weighted by Gasteiger charge is 2.19. The zero-order valence-corrected chi connectivity index (χ0v) is 11.2. The molecule has 0 atom stereocenters. The summed E-state index contributed by atoms with van der Waals surface area (Å²) in [5.41, 5.74) is 0. The van der Waals surface area contributed by atoms with E-state index in [9.17, 15) is 5.11 Å². The fourth-order valence-electron chi connectivity index (χ4n) is 2.15. The van der Waals surface area contributed by atoms with Gasteiger partial charge in [-0.1, -0.05) is 0 Å². The Kier molecular flexibility index (Phi) is 3.50. The van der Waals surface area contributed by atoms with Crippen molar-refractivity contribution < 1.29 is 13.9 Å². The summed E-state index contributed by atoms with van der Waals surface area (Å²) in [5.74, 6) is 0.964. The van der Waals surface area contributed by atoms with Gasteiger partial charge in [-0.3, -0.25) is 4.90 Å². The lowest BCUT2D eigenvalue weighted by molar-refractivity contribution is 0.0647. The van der Waals surface area contributed by atoms with Crippen LogP contribution in [0.4, 0.5) is 0 Å². The van der Waals surface area contributed by atoms with E-state index in [1.807, 2.05) is 0 Å². The number of piperidine rings is 1. The second-order valence-electron chi connectivity index (χ2n) is 4.64. The maximum Gasteiger partial charge on any atom is 0.288 e. The number of aliphatic hydroxyl groups excluding tert-OH is 1. The minimum atomic E-state index is -0.180. The summed E-state index contributed by atoms with van der Waals surface area (Å²) in [6.07, 6.45) is 2.96. The van der Waals surface area contributed by atoms with Gasteiger partial charge < -0.3 is 13.9 Å². The van der Waals surface area contributed by atoms with Gasteiger partial charge in [-0.05, 0) is 37.2 Å². The van der Waals surface area contributed by atoms with Crippen LogP contribution < -0.4 is 0 Å². The zero-order chi connectivity index (χ0) is 13.2. The number of likely N-dealkylation sites (tertiary alicyclic amines) is 1. The van der Waals surface area contributed by atoms with Crippen LogP contribution in [0.2, 0.25) is 0 Å². The van der Waals surface area contributed by atoms with Gasteiger partial charge in [0.25, 0.3) is 10.7 Å². The first-order valence-electron chi connectivity index (χ1n) is 6.24. The monoisotopic (exact) mass is 281 g/mol. The van der Waals surface area contributed by atoms with Crippen molar-refractivity contribution in [3.8, 4) is 11.7 Å². The molecule has 0 aromatic carbocycles. The van der Waals surface area contributed by atoms with Crippen LogP contribution in [-0.2, 0) is 6.67 Å². The van der Waals surface area contributed by atoms with E-state index in [0.717, 1.165) is 25.9 Å². The van der Waals surface area contributed by atoms with E-state index in [1.165, 1.54) is 0 Å². The Balaban J connectivity index is 1.73. The molecule has 0 amide bonds. The molecule has 1 aliphatic heterocycles. The molecule has 0 spiro atoms. The second kappa shape index (κ2) is 5.28. The zero-order valence-electron chi connectivity index (χ0n) is 10.4. The lowest BCUT2D eigenvalue weighted by Gasteiger charge is -2.28. The number of hydrogen-bond donors (Lipinski definition) is 1. The third-order valence-corrected chi connectivity index (χ3v) is 3.52. The standard InChI is InChI=1S/C12H15N3O3S/c16-9-3-5-14(6-4-9)8-15-12(19)18-11(13-15)10-2-1-7-17-10/h1-2,7,9,16H,3-6,8H2. The van der Waals surface area contributed by atoms with Crippen LogP contribution in [0.5, 0.6) is 0 Å². The molecule has 0 aliphatic carbocycles. The predicted molar refractivity (Wildman–Crippen MR) is 69.8 cm³/mol. The van der Waals surface area contributed by atoms with Crippen molar-refractivity contribution in [2.45, 2.75) is 25.6 Å². The second-order valence-corrected chi connectivity index (χ2v) is 4.99. The van der Waals surface area contributed by atoms with Crippen LogP contribution in [0.1, 0.15) is 12.8 Å². The minimum Gasteiger partial charge on any atom is -0.459 e. The molecule has 0 saturated carbocycles. The average molecular weight is 281 g/mol. The number of aromatic nitrogens is 2. The van der Waals surface area contributed by atoms with E-state index in [-0.39, 0.29) is 6.10 Å². The molecule has 2 aromatic rings. The molecule has 1 fully saturated rings. The molecule has 1 aliphatic rings. The first-order chi connectivity index (χ1) is 9.22. The number of aliphatic hydroxyl groups is 1. The molecule has 7 heteroatoms. The Morgan fingerprint density at radius 3 is 2.89 bits per heavy atom. The fraction of sp³-hybridized carbons (Fsp3) is 0.500. The summed E-state index contributed by atoms with van der Waals surface area (Å²) >= 11 is 5.15. The van der Waals surface area contributed by atoms with E-state index in [0.29, 0.717) is 23.2 Å². The Hall–Kier alpha value is -1.44. The number of hydrogen-bond acceptors (Lipinski definition) is 6. The summed E-state index contributed by atoms with van der Waals surface area (Å²) in [6.45, 7) is 2.26. The van der Waals surface area contributed by atoms with Crippen molar-refractivity contribution in [2.24, 2.45) is 0 Å². The molecule has 1 N–H and O–H groups in total. The SMILES string of the molecule is OC1CCN(Cn2nc(-c3ccco3)oc2=S)CC1. The van der Waals surface area contributed by atoms with Gasteiger partial charge in [-0.25, -0.2) is 4.68 Å². The topological polar surface area (TPSA) is 67.6 Å². The summed E-state index contributed by atoms with van der Waals surface area (Å²) in [4.78, 5) is 2.52. The lowest BCUT2D eigenvalue weighted by Crippen LogP contribution is -2.37. The Morgan fingerprint density at radius 2 is 2.21 bits per heavy atom. The Morgan fingerprint density at radius 1 is 1.42 bits per heavy atom. The molecule has 6 nitrogen and oxygen atoms in total. The van der Waals surface area contributed by atoms with Gasteiger partial charge in [-0.2, -0.15) is 0 Å². The van der Waals surface area contributed by atoms with E-state index in [2.05, 4.69) is 10.00 Å². The molecule has 0 unspecified atom stereocenters. The van der Waals surface area contributed by atoms with Gasteiger partial charge in [0.2, 0.25) is 0 Å². The lowest BCUT2D eigenvalue weighted by atomic mass is 10.1. The highest BCUT2D eigenvalue weighted by Crippen LogP contribution is 2.18. The summed E-state index contributed by atoms with van der Waals surface area (Å²) in [7, 11) is 0. The summed E-state index contributed by atoms with van der Waals surface area (Å²) in [5, 5.41) is 13.8. The van der Waals surface area contributed by atoms with Crippen molar-refractivity contribution in [1.29, 1.82) is 0 Å². The first-order valence-corrected chi connectivity index (χ1v) is 6.65. The van der Waals surface area contributed by atoms with Crippen molar-refractivity contribution >= 4 is 12.2 Å². The maximum absolute atomic E-state index is 9.48. The van der Waals surface area contributed by atoms with Crippen molar-refractivity contribution in [3.63, 3.8) is 0 Å². The third kappa shape index (κ3) is 2.78. The number of furan rings is 1. The van der Waals surface area contributed by atoms with Crippen LogP contribution in [-0.4, -0.2) is 39.0 Å². The van der Waals surface area contributed by atoms with Crippen LogP contribution >= 0.6 is 12.2 Å². The quantitative estimate of drug-likeness (QED) is 0.866. The molecule has 2 aromatic heterocycles. The first kappa shape index (κ1) is 12.6. The van der Waals surface area contributed by atoms with Crippen molar-refractivity contribution in [1.82, 2.24) is 14.7 Å². The average Bonchev–Trinajstić information content (AvgIpc) is 3.03. The molecule has 0 radical (unpaired) electrons. The molecular formula is C12H15N3O3S. The fourth-order valence-corrected chi connectivity index (χ4v) is 2.32. The van der Waals surface area contributed by atoms with Crippen molar-refractivity contribution in [3.05, 3.63) is 23.2 Å². The third-order valence-electron chi connectivity index (χ3n) is 3.23. The Labute approximate surface area is 115 Å². The van der Waals surface area contributed by atoms with Gasteiger partial charge in [-0.15, -0.1) is 5.10 Å². The smallest absolute Gasteiger partial charge is 0.288 e. The molecule has 3 heterocycles. The van der Waals surface area contributed by atoms with Gasteiger partial charge in [0.1, 0.15) is 0 Å². The molecule has 3 rings (SSSR count). The number of rotatable bonds is 3. The normalized spacial score (nSPS) is 17.9. The van der Waals surface area contributed by atoms with E-state index in [4.69, 9.17) is 21.1 Å². The molecular weight excluding hydrogens is 266 g/mol.